The molecule has 19 heavy (non-hydrogen) atoms. The van der Waals surface area contributed by atoms with Crippen LogP contribution < -0.4 is 0 Å². The first-order valence-electron chi connectivity index (χ1n) is 5.06. The van der Waals surface area contributed by atoms with Crippen LogP contribution in [0, 0.1) is 0 Å². The molecule has 0 bridgehead atoms. The van der Waals surface area contributed by atoms with Crippen LogP contribution in [-0.4, -0.2) is 28.5 Å². The van der Waals surface area contributed by atoms with E-state index >= 15 is 0 Å². The highest BCUT2D eigenvalue weighted by Crippen LogP contribution is 2.23. The molecule has 2 aromatic carbocycles. The molecular formula is C11H10O6S2. The number of rotatable bonds is 3. The first-order valence-corrected chi connectivity index (χ1v) is 7.91. The highest BCUT2D eigenvalue weighted by molar-refractivity contribution is 7.86. The van der Waals surface area contributed by atoms with Crippen LogP contribution in [0.5, 0.6) is 0 Å². The average molecular weight is 302 g/mol. The summed E-state index contributed by atoms with van der Waals surface area (Å²) in [5.41, 5.74) is 0. The maximum Gasteiger partial charge on any atom is 0.296 e. The van der Waals surface area contributed by atoms with E-state index in [0.29, 0.717) is 10.8 Å². The van der Waals surface area contributed by atoms with Gasteiger partial charge in [0.15, 0.2) is 0 Å². The minimum Gasteiger partial charge on any atom is -0.282 e. The second kappa shape index (κ2) is 4.57. The van der Waals surface area contributed by atoms with Crippen LogP contribution in [0.1, 0.15) is 0 Å². The average Bonchev–Trinajstić information content (AvgIpc) is 2.36. The fourth-order valence-electron chi connectivity index (χ4n) is 1.61. The van der Waals surface area contributed by atoms with E-state index in [0.717, 1.165) is 7.11 Å². The molecule has 0 radical (unpaired) electrons. The van der Waals surface area contributed by atoms with E-state index < -0.39 is 20.2 Å². The fraction of sp³-hybridized carbons (Fsp3) is 0.0909. The maximum absolute atomic E-state index is 11.5. The zero-order valence-electron chi connectivity index (χ0n) is 9.77. The van der Waals surface area contributed by atoms with Crippen LogP contribution in [0.2, 0.25) is 0 Å². The minimum absolute atomic E-state index is 0.0258. The van der Waals surface area contributed by atoms with Gasteiger partial charge in [-0.3, -0.25) is 8.74 Å². The number of benzene rings is 2. The van der Waals surface area contributed by atoms with Crippen molar-refractivity contribution in [2.24, 2.45) is 0 Å². The van der Waals surface area contributed by atoms with E-state index in [1.54, 1.807) is 0 Å². The summed E-state index contributed by atoms with van der Waals surface area (Å²) in [6, 6.07) is 7.97. The van der Waals surface area contributed by atoms with Gasteiger partial charge in [-0.25, -0.2) is 0 Å². The molecule has 6 nitrogen and oxygen atoms in total. The van der Waals surface area contributed by atoms with Crippen LogP contribution in [0.15, 0.2) is 46.2 Å². The fourth-order valence-corrected chi connectivity index (χ4v) is 2.83. The lowest BCUT2D eigenvalue weighted by molar-refractivity contribution is 0.398. The predicted octanol–water partition coefficient (Wildman–Crippen LogP) is 1.42. The van der Waals surface area contributed by atoms with Crippen molar-refractivity contribution in [3.05, 3.63) is 36.4 Å². The van der Waals surface area contributed by atoms with Gasteiger partial charge < -0.3 is 0 Å². The van der Waals surface area contributed by atoms with Crippen LogP contribution in [0.4, 0.5) is 0 Å². The Balaban J connectivity index is 2.66. The molecule has 0 unspecified atom stereocenters. The Labute approximate surface area is 110 Å². The molecule has 0 spiro atoms. The van der Waals surface area contributed by atoms with Gasteiger partial charge in [0.2, 0.25) is 0 Å². The Morgan fingerprint density at radius 3 is 1.84 bits per heavy atom. The van der Waals surface area contributed by atoms with Crippen molar-refractivity contribution in [3.63, 3.8) is 0 Å². The molecular weight excluding hydrogens is 292 g/mol. The zero-order valence-corrected chi connectivity index (χ0v) is 11.4. The molecule has 0 atom stereocenters. The quantitative estimate of drug-likeness (QED) is 0.680. The van der Waals surface area contributed by atoms with Crippen molar-refractivity contribution in [3.8, 4) is 0 Å². The molecule has 0 saturated heterocycles. The lowest BCUT2D eigenvalue weighted by Crippen LogP contribution is -2.02. The monoisotopic (exact) mass is 302 g/mol. The van der Waals surface area contributed by atoms with Gasteiger partial charge >= 0.3 is 0 Å². The predicted molar refractivity (Wildman–Crippen MR) is 68.0 cm³/mol. The Bertz CT molecular complexity index is 837. The second-order valence-corrected chi connectivity index (χ2v) is 6.90. The van der Waals surface area contributed by atoms with Gasteiger partial charge in [0.25, 0.3) is 20.2 Å². The Morgan fingerprint density at radius 2 is 1.37 bits per heavy atom. The molecule has 0 heterocycles. The molecule has 0 aliphatic rings. The van der Waals surface area contributed by atoms with E-state index in [9.17, 15) is 16.8 Å². The molecule has 0 fully saturated rings. The van der Waals surface area contributed by atoms with Crippen LogP contribution >= 0.6 is 0 Å². The smallest absolute Gasteiger partial charge is 0.282 e. The molecule has 0 saturated carbocycles. The van der Waals surface area contributed by atoms with Crippen LogP contribution in [0.3, 0.4) is 0 Å². The normalized spacial score (nSPS) is 12.7. The lowest BCUT2D eigenvalue weighted by Gasteiger charge is -2.04. The lowest BCUT2D eigenvalue weighted by atomic mass is 10.1. The van der Waals surface area contributed by atoms with Crippen LogP contribution in [-0.2, 0) is 24.4 Å². The minimum atomic E-state index is -4.28. The SMILES string of the molecule is COS(=O)(=O)c1ccc2cc(S(=O)(=O)O)ccc2c1. The topological polar surface area (TPSA) is 97.7 Å². The third-order valence-corrected chi connectivity index (χ3v) is 4.71. The van der Waals surface area contributed by atoms with E-state index in [1.807, 2.05) is 0 Å². The highest BCUT2D eigenvalue weighted by Gasteiger charge is 2.14. The summed E-state index contributed by atoms with van der Waals surface area (Å²) in [6.45, 7) is 0. The first-order chi connectivity index (χ1) is 8.74. The zero-order chi connectivity index (χ0) is 14.3. The third kappa shape index (κ3) is 2.76. The number of fused-ring (bicyclic) bond motifs is 1. The van der Waals surface area contributed by atoms with Gasteiger partial charge in [-0.15, -0.1) is 0 Å². The summed E-state index contributed by atoms with van der Waals surface area (Å²) >= 11 is 0. The summed E-state index contributed by atoms with van der Waals surface area (Å²) in [5, 5.41) is 1.01. The molecule has 2 aromatic rings. The highest BCUT2D eigenvalue weighted by atomic mass is 32.2. The van der Waals surface area contributed by atoms with Gasteiger partial charge in [-0.05, 0) is 35.0 Å². The molecule has 0 aromatic heterocycles. The van der Waals surface area contributed by atoms with Crippen molar-refractivity contribution in [2.45, 2.75) is 9.79 Å². The molecule has 0 aliphatic heterocycles. The van der Waals surface area contributed by atoms with Crippen LogP contribution in [0.25, 0.3) is 10.8 Å². The van der Waals surface area contributed by atoms with E-state index in [2.05, 4.69) is 4.18 Å². The van der Waals surface area contributed by atoms with Gasteiger partial charge in [0.1, 0.15) is 0 Å². The Kier molecular flexibility index (Phi) is 3.35. The summed E-state index contributed by atoms with van der Waals surface area (Å²) in [7, 11) is -7.02. The first kappa shape index (κ1) is 13.9. The standard InChI is InChI=1S/C11H10O6S2/c1-17-19(15,16)11-5-3-8-6-10(18(12,13)14)4-2-9(8)7-11/h2-7H,1H3,(H,12,13,14). The molecule has 0 aliphatic carbocycles. The molecule has 0 amide bonds. The number of hydrogen-bond donors (Lipinski definition) is 1. The molecule has 102 valence electrons. The summed E-state index contributed by atoms with van der Waals surface area (Å²) in [4.78, 5) is -0.274. The maximum atomic E-state index is 11.5. The van der Waals surface area contributed by atoms with Gasteiger partial charge in [-0.2, -0.15) is 16.8 Å². The molecule has 1 N–H and O–H groups in total. The third-order valence-electron chi connectivity index (χ3n) is 2.59. The van der Waals surface area contributed by atoms with E-state index in [1.165, 1.54) is 36.4 Å². The van der Waals surface area contributed by atoms with E-state index in [-0.39, 0.29) is 9.79 Å². The summed E-state index contributed by atoms with van der Waals surface area (Å²) in [6.07, 6.45) is 0. The Morgan fingerprint density at radius 1 is 0.895 bits per heavy atom. The molecule has 8 heteroatoms. The van der Waals surface area contributed by atoms with Crippen molar-refractivity contribution < 1.29 is 25.6 Å². The molecule has 2 rings (SSSR count). The van der Waals surface area contributed by atoms with Crippen molar-refractivity contribution in [1.82, 2.24) is 0 Å². The van der Waals surface area contributed by atoms with Gasteiger partial charge in [0, 0.05) is 0 Å². The summed E-state index contributed by atoms with van der Waals surface area (Å²) in [5.74, 6) is 0. The summed E-state index contributed by atoms with van der Waals surface area (Å²) < 4.78 is 58.3. The van der Waals surface area contributed by atoms with Crippen molar-refractivity contribution >= 4 is 31.0 Å². The van der Waals surface area contributed by atoms with Gasteiger partial charge in [0.05, 0.1) is 16.9 Å². The van der Waals surface area contributed by atoms with Gasteiger partial charge in [-0.1, -0.05) is 12.1 Å². The van der Waals surface area contributed by atoms with Crippen molar-refractivity contribution in [1.29, 1.82) is 0 Å². The van der Waals surface area contributed by atoms with E-state index in [4.69, 9.17) is 4.55 Å². The number of hydrogen-bond acceptors (Lipinski definition) is 5. The second-order valence-electron chi connectivity index (χ2n) is 3.77. The largest absolute Gasteiger partial charge is 0.296 e. The Hall–Kier alpha value is -1.48. The van der Waals surface area contributed by atoms with Crippen molar-refractivity contribution in [2.75, 3.05) is 7.11 Å².